The number of nitrogens with one attached hydrogen (secondary N) is 1. The summed E-state index contributed by atoms with van der Waals surface area (Å²) >= 11 is 0. The third-order valence-corrected chi connectivity index (χ3v) is 12.5. The van der Waals surface area contributed by atoms with Crippen LogP contribution in [0.4, 0.5) is 5.69 Å². The molecule has 0 aliphatic carbocycles. The Balaban J connectivity index is 1.54. The maximum absolute atomic E-state index is 14.7. The number of carbonyl (C=O) groups excluding carboxylic acids is 3. The van der Waals surface area contributed by atoms with Gasteiger partial charge in [0.05, 0.1) is 41.2 Å². The smallest absolute Gasteiger partial charge is 0.312 e. The summed E-state index contributed by atoms with van der Waals surface area (Å²) in [6.07, 6.45) is 5.14. The van der Waals surface area contributed by atoms with Crippen LogP contribution in [-0.2, 0) is 23.8 Å². The highest BCUT2D eigenvalue weighted by Gasteiger charge is 2.50. The number of phenols is 2. The summed E-state index contributed by atoms with van der Waals surface area (Å²) in [6.45, 7) is 17.8. The van der Waals surface area contributed by atoms with Crippen molar-refractivity contribution in [2.75, 3.05) is 32.1 Å². The number of allylic oxidation sites excluding steroid dienone is 2. The van der Waals surface area contributed by atoms with E-state index >= 15 is 0 Å². The molecule has 326 valence electrons. The lowest BCUT2D eigenvalue weighted by molar-refractivity contribution is -0.154. The topological polar surface area (TPSA) is 209 Å². The molecule has 5 N–H and O–H groups in total. The number of likely N-dealkylation sites (tertiary alicyclic amines) is 1. The van der Waals surface area contributed by atoms with Gasteiger partial charge in [0, 0.05) is 94.1 Å². The Morgan fingerprint density at radius 2 is 1.72 bits per heavy atom. The van der Waals surface area contributed by atoms with E-state index in [1.54, 1.807) is 52.8 Å². The molecule has 1 fully saturated rings. The van der Waals surface area contributed by atoms with Gasteiger partial charge in [-0.15, -0.1) is 0 Å². The largest absolute Gasteiger partial charge is 0.507 e. The fourth-order valence-electron chi connectivity index (χ4n) is 8.77. The summed E-state index contributed by atoms with van der Waals surface area (Å²) < 4.78 is 23.8. The second-order valence-electron chi connectivity index (χ2n) is 17.5. The SMILES string of the molecule is CO[C@H]1/C=C/O[C@@]2(C)Oc3c(C)c(O)c4c(O)c(c5c(c4c3C2=O)NC2(CCN(CC(C)C)CC2)N=5)=NC(=O)/C(C)=C/C=C/[C@H](C)[C@H](O)[C@@H](C)[C@@H](O)C[C@H](OC(C)=O)[C@@H]1C. The maximum atomic E-state index is 14.7. The molecule has 1 amide bonds. The van der Waals surface area contributed by atoms with Crippen LogP contribution in [0.5, 0.6) is 17.2 Å². The molecule has 2 aromatic carbocycles. The van der Waals surface area contributed by atoms with E-state index in [9.17, 15) is 34.8 Å². The molecule has 1 saturated heterocycles. The van der Waals surface area contributed by atoms with Gasteiger partial charge in [0.25, 0.3) is 11.7 Å². The number of rotatable bonds is 4. The summed E-state index contributed by atoms with van der Waals surface area (Å²) in [6, 6.07) is 0. The van der Waals surface area contributed by atoms with Gasteiger partial charge in [-0.2, -0.15) is 0 Å². The van der Waals surface area contributed by atoms with E-state index < -0.39 is 77.0 Å². The number of carbonyl (C=O) groups is 3. The number of Topliss-reactive ketones (excluding diaryl/α,β-unsaturated/α-hetero) is 1. The summed E-state index contributed by atoms with van der Waals surface area (Å²) in [5.41, 5.74) is -0.105. The van der Waals surface area contributed by atoms with Gasteiger partial charge in [0.1, 0.15) is 34.0 Å². The normalized spacial score (nSPS) is 31.8. The Hall–Kier alpha value is -4.83. The molecule has 60 heavy (non-hydrogen) atoms. The predicted molar refractivity (Wildman–Crippen MR) is 223 cm³/mol. The van der Waals surface area contributed by atoms with Crippen LogP contribution in [0.3, 0.4) is 0 Å². The van der Waals surface area contributed by atoms with Crippen molar-refractivity contribution in [3.8, 4) is 17.2 Å². The Labute approximate surface area is 350 Å². The Morgan fingerprint density at radius 3 is 2.35 bits per heavy atom. The molecule has 0 unspecified atom stereocenters. The number of fused-ring (bicyclic) bond motifs is 1. The number of piperidine rings is 1. The lowest BCUT2D eigenvalue weighted by atomic mass is 9.84. The second kappa shape index (κ2) is 17.3. The van der Waals surface area contributed by atoms with Crippen molar-refractivity contribution in [3.63, 3.8) is 0 Å². The lowest BCUT2D eigenvalue weighted by Gasteiger charge is -2.38. The van der Waals surface area contributed by atoms with Crippen LogP contribution in [0, 0.1) is 30.6 Å². The third-order valence-electron chi connectivity index (χ3n) is 12.5. The van der Waals surface area contributed by atoms with E-state index in [1.165, 1.54) is 33.3 Å². The number of ketones is 1. The van der Waals surface area contributed by atoms with Gasteiger partial charge in [0.2, 0.25) is 0 Å². The van der Waals surface area contributed by atoms with E-state index in [0.29, 0.717) is 24.4 Å². The Morgan fingerprint density at radius 1 is 1.03 bits per heavy atom. The number of methoxy groups -OCH3 is 1. The molecule has 15 nitrogen and oxygen atoms in total. The minimum absolute atomic E-state index is 0.0141. The molecule has 4 bridgehead atoms. The monoisotopic (exact) mass is 832 g/mol. The molecule has 8 atom stereocenters. The van der Waals surface area contributed by atoms with Gasteiger partial charge in [-0.05, 0) is 25.8 Å². The third kappa shape index (κ3) is 8.41. The highest BCUT2D eigenvalue weighted by molar-refractivity contribution is 6.21. The number of ether oxygens (including phenoxy) is 4. The van der Waals surface area contributed by atoms with Crippen LogP contribution in [0.1, 0.15) is 90.6 Å². The highest BCUT2D eigenvalue weighted by Crippen LogP contribution is 2.51. The number of nitrogens with zero attached hydrogens (tertiary/aromatic N) is 3. The van der Waals surface area contributed by atoms with Crippen LogP contribution in [0.15, 0.2) is 46.1 Å². The van der Waals surface area contributed by atoms with E-state index in [0.717, 1.165) is 19.6 Å². The van der Waals surface area contributed by atoms with Crippen molar-refractivity contribution in [3.05, 3.63) is 58.0 Å². The maximum Gasteiger partial charge on any atom is 0.312 e. The zero-order valence-electron chi connectivity index (χ0n) is 36.2. The summed E-state index contributed by atoms with van der Waals surface area (Å²) in [4.78, 5) is 52.6. The molecule has 4 heterocycles. The first kappa shape index (κ1) is 44.7. The van der Waals surface area contributed by atoms with Crippen LogP contribution < -0.4 is 20.8 Å². The zero-order chi connectivity index (χ0) is 44.0. The predicted octanol–water partition coefficient (Wildman–Crippen LogP) is 4.50. The van der Waals surface area contributed by atoms with Crippen molar-refractivity contribution in [1.82, 2.24) is 4.90 Å². The Kier molecular flexibility index (Phi) is 12.9. The van der Waals surface area contributed by atoms with Gasteiger partial charge < -0.3 is 49.6 Å². The molecule has 0 saturated carbocycles. The molecule has 0 radical (unpaired) electrons. The standard InChI is InChI=1S/C45H60N4O11/c1-22(2)21-49-17-15-45(16-18-49)47-35-32-33-39(53)27(7)41-34(32)42(55)44(9,60-41)58-19-14-30(57-10)26(6)31(59-28(8)50)20-29(51)25(5)38(52)23(3)12-11-13-24(4)43(56)46-37(40(33)54)36(35)48-45/h11-14,19,22-23,25-26,29-31,38,47,51-54H,15-18,20-21H2,1-10H3/b12-11+,19-14+,24-13+,46-37?/t23-,25-,26+,29-,30-,31-,38-,44-/m0/s1. The van der Waals surface area contributed by atoms with Gasteiger partial charge in [0.15, 0.2) is 5.75 Å². The number of esters is 1. The van der Waals surface area contributed by atoms with Crippen LogP contribution in [-0.4, -0.2) is 106 Å². The average molecular weight is 833 g/mol. The molecule has 4 aliphatic heterocycles. The number of hydrogen-bond donors (Lipinski definition) is 5. The molecule has 0 aromatic heterocycles. The fraction of sp³-hybridized carbons (Fsp3) is 0.578. The van der Waals surface area contributed by atoms with Crippen LogP contribution in [0.2, 0.25) is 0 Å². The van der Waals surface area contributed by atoms with Crippen molar-refractivity contribution in [2.45, 2.75) is 117 Å². The molecule has 15 heteroatoms. The second-order valence-corrected chi connectivity index (χ2v) is 17.5. The first-order valence-corrected chi connectivity index (χ1v) is 20.8. The van der Waals surface area contributed by atoms with Gasteiger partial charge in [-0.25, -0.2) is 4.99 Å². The molecule has 1 spiro atoms. The zero-order valence-corrected chi connectivity index (χ0v) is 36.2. The van der Waals surface area contributed by atoms with Crippen LogP contribution in [0.25, 0.3) is 10.8 Å². The molecular formula is C45H60N4O11. The molecular weight excluding hydrogens is 773 g/mol. The number of anilines is 1. The number of phenolic OH excluding ortho intramolecular Hbond substituents is 2. The lowest BCUT2D eigenvalue weighted by Crippen LogP contribution is -2.47. The first-order chi connectivity index (χ1) is 28.2. The van der Waals surface area contributed by atoms with Gasteiger partial charge in [-0.3, -0.25) is 19.4 Å². The first-order valence-electron chi connectivity index (χ1n) is 20.8. The summed E-state index contributed by atoms with van der Waals surface area (Å²) in [7, 11) is 1.46. The van der Waals surface area contributed by atoms with E-state index in [-0.39, 0.29) is 56.1 Å². The van der Waals surface area contributed by atoms with Gasteiger partial charge >= 0.3 is 11.8 Å². The fourth-order valence-corrected chi connectivity index (χ4v) is 8.77. The number of aromatic hydroxyl groups is 2. The number of benzene rings is 2. The number of hydrogen-bond acceptors (Lipinski definition) is 14. The van der Waals surface area contributed by atoms with E-state index in [1.807, 2.05) is 0 Å². The Bertz CT molecular complexity index is 2260. The van der Waals surface area contributed by atoms with Crippen molar-refractivity contribution >= 4 is 34.1 Å². The molecule has 4 aliphatic rings. The van der Waals surface area contributed by atoms with Crippen molar-refractivity contribution < 1.29 is 53.8 Å². The highest BCUT2D eigenvalue weighted by atomic mass is 16.7. The summed E-state index contributed by atoms with van der Waals surface area (Å²) in [5, 5.41) is 50.1. The molecule has 6 rings (SSSR count). The quantitative estimate of drug-likeness (QED) is 0.213. The van der Waals surface area contributed by atoms with Gasteiger partial charge in [-0.1, -0.05) is 52.8 Å². The number of aliphatic hydroxyl groups is 2. The number of amides is 1. The average Bonchev–Trinajstić information content (AvgIpc) is 3.69. The van der Waals surface area contributed by atoms with E-state index in [2.05, 4.69) is 29.1 Å². The van der Waals surface area contributed by atoms with E-state index in [4.69, 9.17) is 23.9 Å². The van der Waals surface area contributed by atoms with Crippen molar-refractivity contribution in [1.29, 1.82) is 0 Å². The minimum atomic E-state index is -1.94. The summed E-state index contributed by atoms with van der Waals surface area (Å²) in [5.74, 6) is -5.83. The molecule has 2 aromatic rings. The van der Waals surface area contributed by atoms with Crippen molar-refractivity contribution in [2.24, 2.45) is 33.7 Å². The van der Waals surface area contributed by atoms with Crippen LogP contribution >= 0.6 is 0 Å². The minimum Gasteiger partial charge on any atom is -0.507 e. The number of aliphatic hydroxyl groups excluding tert-OH is 2.